The van der Waals surface area contributed by atoms with Crippen molar-refractivity contribution in [3.05, 3.63) is 11.9 Å². The van der Waals surface area contributed by atoms with Crippen molar-refractivity contribution in [3.8, 4) is 0 Å². The summed E-state index contributed by atoms with van der Waals surface area (Å²) in [6.07, 6.45) is 2.49. The topological polar surface area (TPSA) is 65.2 Å². The summed E-state index contributed by atoms with van der Waals surface area (Å²) in [4.78, 5) is 14.4. The zero-order chi connectivity index (χ0) is 17.4. The maximum atomic E-state index is 12.5. The predicted octanol–water partition coefficient (Wildman–Crippen LogP) is 2.15. The largest absolute Gasteiger partial charge is 0.372 e. The van der Waals surface area contributed by atoms with E-state index >= 15 is 0 Å². The van der Waals surface area contributed by atoms with Gasteiger partial charge in [-0.2, -0.15) is 10.2 Å². The minimum Gasteiger partial charge on any atom is -0.372 e. The molecule has 1 aliphatic rings. The molecule has 0 radical (unpaired) electrons. The minimum atomic E-state index is 0.0978. The van der Waals surface area contributed by atoms with Crippen molar-refractivity contribution in [1.82, 2.24) is 24.5 Å². The molecule has 0 bridgehead atoms. The molecule has 0 saturated carbocycles. The van der Waals surface area contributed by atoms with Gasteiger partial charge in [-0.25, -0.2) is 0 Å². The molecule has 0 aromatic carbocycles. The van der Waals surface area contributed by atoms with E-state index in [4.69, 9.17) is 4.74 Å². The number of hydrogen-bond acceptors (Lipinski definition) is 4. The molecule has 3 rings (SSSR count). The summed E-state index contributed by atoms with van der Waals surface area (Å²) in [6.45, 7) is 12.1. The first-order chi connectivity index (χ1) is 11.4. The number of morpholine rings is 1. The van der Waals surface area contributed by atoms with Crippen molar-refractivity contribution in [2.75, 3.05) is 13.1 Å². The van der Waals surface area contributed by atoms with Crippen LogP contribution in [0.15, 0.2) is 6.20 Å². The van der Waals surface area contributed by atoms with E-state index in [1.807, 2.05) is 41.2 Å². The highest BCUT2D eigenvalue weighted by atomic mass is 16.5. The van der Waals surface area contributed by atoms with Crippen LogP contribution in [0.5, 0.6) is 0 Å². The van der Waals surface area contributed by atoms with Gasteiger partial charge < -0.3 is 9.64 Å². The number of fused-ring (bicyclic) bond motifs is 1. The van der Waals surface area contributed by atoms with E-state index in [0.29, 0.717) is 26.1 Å². The number of aromatic nitrogens is 4. The van der Waals surface area contributed by atoms with Crippen LogP contribution in [0.25, 0.3) is 11.0 Å². The van der Waals surface area contributed by atoms with Gasteiger partial charge in [-0.3, -0.25) is 14.2 Å². The number of ether oxygens (including phenoxy) is 1. The minimum absolute atomic E-state index is 0.0978. The number of amides is 1. The quantitative estimate of drug-likeness (QED) is 0.860. The normalized spacial score (nSPS) is 21.8. The van der Waals surface area contributed by atoms with Gasteiger partial charge in [-0.1, -0.05) is 0 Å². The van der Waals surface area contributed by atoms with E-state index in [1.54, 1.807) is 0 Å². The second kappa shape index (κ2) is 6.55. The first-order valence-electron chi connectivity index (χ1n) is 8.70. The van der Waals surface area contributed by atoms with Crippen molar-refractivity contribution in [3.63, 3.8) is 0 Å². The van der Waals surface area contributed by atoms with Gasteiger partial charge in [0.1, 0.15) is 11.0 Å². The van der Waals surface area contributed by atoms with Gasteiger partial charge in [0, 0.05) is 25.6 Å². The Hall–Kier alpha value is -1.89. The van der Waals surface area contributed by atoms with Crippen LogP contribution in [-0.4, -0.2) is 55.7 Å². The molecule has 1 fully saturated rings. The van der Waals surface area contributed by atoms with Crippen LogP contribution in [0, 0.1) is 6.92 Å². The third kappa shape index (κ3) is 3.17. The van der Waals surface area contributed by atoms with Crippen LogP contribution in [0.1, 0.15) is 45.9 Å². The van der Waals surface area contributed by atoms with Gasteiger partial charge in [-0.15, -0.1) is 0 Å². The molecule has 2 unspecified atom stereocenters. The van der Waals surface area contributed by atoms with Crippen LogP contribution in [-0.2, 0) is 16.1 Å². The van der Waals surface area contributed by atoms with Crippen molar-refractivity contribution in [2.24, 2.45) is 0 Å². The third-order valence-corrected chi connectivity index (χ3v) is 4.47. The summed E-state index contributed by atoms with van der Waals surface area (Å²) in [5.74, 6) is 0.162. The number of rotatable bonds is 4. The highest BCUT2D eigenvalue weighted by Crippen LogP contribution is 2.21. The molecule has 7 heteroatoms. The van der Waals surface area contributed by atoms with Gasteiger partial charge >= 0.3 is 0 Å². The van der Waals surface area contributed by atoms with Gasteiger partial charge in [0.05, 0.1) is 30.6 Å². The van der Waals surface area contributed by atoms with Crippen LogP contribution < -0.4 is 0 Å². The van der Waals surface area contributed by atoms with Gasteiger partial charge in [-0.05, 0) is 34.6 Å². The second-order valence-corrected chi connectivity index (χ2v) is 7.03. The summed E-state index contributed by atoms with van der Waals surface area (Å²) in [6, 6.07) is 0.289. The monoisotopic (exact) mass is 333 g/mol. The lowest BCUT2D eigenvalue weighted by molar-refractivity contribution is -0.143. The Morgan fingerprint density at radius 1 is 1.33 bits per heavy atom. The molecule has 2 atom stereocenters. The zero-order valence-corrected chi connectivity index (χ0v) is 15.2. The van der Waals surface area contributed by atoms with E-state index in [9.17, 15) is 4.79 Å². The number of carbonyl (C=O) groups excluding carboxylic acids is 1. The lowest BCUT2D eigenvalue weighted by Gasteiger charge is -2.35. The molecular formula is C17H27N5O2. The smallest absolute Gasteiger partial charge is 0.224 e. The fourth-order valence-corrected chi connectivity index (χ4v) is 3.48. The fraction of sp³-hybridized carbons (Fsp3) is 0.706. The Labute approximate surface area is 142 Å². The van der Waals surface area contributed by atoms with Crippen LogP contribution in [0.4, 0.5) is 0 Å². The van der Waals surface area contributed by atoms with Crippen LogP contribution in [0.2, 0.25) is 0 Å². The van der Waals surface area contributed by atoms with Gasteiger partial charge in [0.2, 0.25) is 5.91 Å². The molecule has 0 N–H and O–H groups in total. The van der Waals surface area contributed by atoms with E-state index < -0.39 is 0 Å². The Bertz CT molecular complexity index is 723. The van der Waals surface area contributed by atoms with Crippen molar-refractivity contribution in [1.29, 1.82) is 0 Å². The number of aryl methyl sites for hydroxylation is 2. The Morgan fingerprint density at radius 3 is 2.62 bits per heavy atom. The highest BCUT2D eigenvalue weighted by Gasteiger charge is 2.26. The molecule has 1 amide bonds. The molecule has 3 heterocycles. The molecule has 132 valence electrons. The fourth-order valence-electron chi connectivity index (χ4n) is 3.48. The maximum absolute atomic E-state index is 12.5. The summed E-state index contributed by atoms with van der Waals surface area (Å²) in [5.41, 5.74) is 3.01. The van der Waals surface area contributed by atoms with E-state index in [-0.39, 0.29) is 24.2 Å². The van der Waals surface area contributed by atoms with Crippen molar-refractivity contribution < 1.29 is 9.53 Å². The molecule has 1 aliphatic heterocycles. The van der Waals surface area contributed by atoms with E-state index in [1.165, 1.54) is 0 Å². The Kier molecular flexibility index (Phi) is 4.62. The molecule has 24 heavy (non-hydrogen) atoms. The lowest BCUT2D eigenvalue weighted by Crippen LogP contribution is -2.48. The summed E-state index contributed by atoms with van der Waals surface area (Å²) in [5, 5.41) is 9.06. The second-order valence-electron chi connectivity index (χ2n) is 7.03. The van der Waals surface area contributed by atoms with Crippen molar-refractivity contribution in [2.45, 2.75) is 65.8 Å². The summed E-state index contributed by atoms with van der Waals surface area (Å²) < 4.78 is 9.58. The molecule has 1 saturated heterocycles. The SMILES string of the molecule is Cc1nn(C(C)C)c2cnn(CCC(=O)N3CC(C)OC(C)C3)c12. The molecule has 7 nitrogen and oxygen atoms in total. The van der Waals surface area contributed by atoms with Crippen LogP contribution >= 0.6 is 0 Å². The standard InChI is InChI=1S/C17H27N5O2/c1-11(2)22-15-8-18-21(17(15)14(5)19-22)7-6-16(23)20-9-12(3)24-13(4)10-20/h8,11-13H,6-7,9-10H2,1-5H3. The first-order valence-corrected chi connectivity index (χ1v) is 8.70. The average molecular weight is 333 g/mol. The maximum Gasteiger partial charge on any atom is 0.224 e. The van der Waals surface area contributed by atoms with Gasteiger partial charge in [0.15, 0.2) is 0 Å². The number of nitrogens with zero attached hydrogens (tertiary/aromatic N) is 5. The lowest BCUT2D eigenvalue weighted by atomic mass is 10.2. The first kappa shape index (κ1) is 17.0. The molecule has 0 spiro atoms. The Balaban J connectivity index is 1.71. The van der Waals surface area contributed by atoms with Crippen LogP contribution in [0.3, 0.4) is 0 Å². The van der Waals surface area contributed by atoms with Crippen molar-refractivity contribution >= 4 is 16.9 Å². The number of carbonyl (C=O) groups is 1. The molecule has 0 aliphatic carbocycles. The molecular weight excluding hydrogens is 306 g/mol. The number of hydrogen-bond donors (Lipinski definition) is 0. The summed E-state index contributed by atoms with van der Waals surface area (Å²) >= 11 is 0. The van der Waals surface area contributed by atoms with E-state index in [2.05, 4.69) is 24.0 Å². The highest BCUT2D eigenvalue weighted by molar-refractivity contribution is 5.79. The zero-order valence-electron chi connectivity index (χ0n) is 15.2. The molecule has 2 aromatic heterocycles. The summed E-state index contributed by atoms with van der Waals surface area (Å²) in [7, 11) is 0. The predicted molar refractivity (Wildman–Crippen MR) is 91.8 cm³/mol. The third-order valence-electron chi connectivity index (χ3n) is 4.47. The molecule has 2 aromatic rings. The average Bonchev–Trinajstić information content (AvgIpc) is 3.05. The van der Waals surface area contributed by atoms with Gasteiger partial charge in [0.25, 0.3) is 0 Å². The Morgan fingerprint density at radius 2 is 2.00 bits per heavy atom. The van der Waals surface area contributed by atoms with E-state index in [0.717, 1.165) is 16.7 Å².